The number of aliphatic hydroxyl groups is 1. The van der Waals surface area contributed by atoms with E-state index in [0.717, 1.165) is 35.1 Å². The van der Waals surface area contributed by atoms with E-state index in [9.17, 15) is 14.7 Å². The Morgan fingerprint density at radius 2 is 1.70 bits per heavy atom. The largest absolute Gasteiger partial charge is 0.396 e. The van der Waals surface area contributed by atoms with E-state index < -0.39 is 0 Å². The molecule has 0 spiro atoms. The Bertz CT molecular complexity index is 1020. The number of carbonyl (C=O) groups is 2. The number of carbonyl (C=O) groups excluding carboxylic acids is 2. The van der Waals surface area contributed by atoms with Crippen LogP contribution in [0.2, 0.25) is 0 Å². The molecule has 0 bridgehead atoms. The first-order valence-electron chi connectivity index (χ1n) is 10.5. The van der Waals surface area contributed by atoms with Gasteiger partial charge in [-0.3, -0.25) is 9.59 Å². The lowest BCUT2D eigenvalue weighted by molar-refractivity contribution is -0.120. The lowest BCUT2D eigenvalue weighted by atomic mass is 9.96. The van der Waals surface area contributed by atoms with Crippen molar-refractivity contribution in [1.82, 2.24) is 4.90 Å². The first kappa shape index (κ1) is 20.4. The van der Waals surface area contributed by atoms with Crippen LogP contribution in [0.25, 0.3) is 5.57 Å². The average Bonchev–Trinajstić information content (AvgIpc) is 3.01. The fraction of sp³-hybridized carbons (Fsp3) is 0.360. The third-order valence-corrected chi connectivity index (χ3v) is 6.24. The second-order valence-electron chi connectivity index (χ2n) is 8.44. The van der Waals surface area contributed by atoms with Crippen molar-refractivity contribution >= 4 is 23.1 Å². The van der Waals surface area contributed by atoms with E-state index in [-0.39, 0.29) is 24.3 Å². The predicted octanol–water partition coefficient (Wildman–Crippen LogP) is 3.60. The Morgan fingerprint density at radius 3 is 2.37 bits per heavy atom. The van der Waals surface area contributed by atoms with Gasteiger partial charge in [0, 0.05) is 19.7 Å². The van der Waals surface area contributed by atoms with Crippen molar-refractivity contribution in [3.8, 4) is 0 Å². The van der Waals surface area contributed by atoms with Crippen LogP contribution >= 0.6 is 0 Å². The van der Waals surface area contributed by atoms with Crippen molar-refractivity contribution in [2.75, 3.05) is 24.6 Å². The fourth-order valence-corrected chi connectivity index (χ4v) is 4.31. The number of hydrogen-bond acceptors (Lipinski definition) is 4. The number of aryl methyl sites for hydroxylation is 3. The molecule has 5 heteroatoms. The number of anilines is 1. The van der Waals surface area contributed by atoms with Crippen LogP contribution < -0.4 is 4.90 Å². The quantitative estimate of drug-likeness (QED) is 0.791. The van der Waals surface area contributed by atoms with Gasteiger partial charge in [0.2, 0.25) is 0 Å². The summed E-state index contributed by atoms with van der Waals surface area (Å²) in [6.45, 7) is 7.37. The topological polar surface area (TPSA) is 60.9 Å². The third kappa shape index (κ3) is 3.54. The maximum atomic E-state index is 13.6. The first-order valence-corrected chi connectivity index (χ1v) is 10.5. The highest BCUT2D eigenvalue weighted by molar-refractivity contribution is 6.45. The molecule has 1 fully saturated rings. The lowest BCUT2D eigenvalue weighted by Crippen LogP contribution is -2.40. The van der Waals surface area contributed by atoms with Crippen molar-refractivity contribution in [3.05, 3.63) is 70.4 Å². The smallest absolute Gasteiger partial charge is 0.282 e. The standard InChI is InChI=1S/C25H28N2O3/c1-16-6-9-20(10-7-16)22-23(26-12-4-5-19(14-26)15-28)25(30)27(24(22)29)21-11-8-17(2)18(3)13-21/h6-11,13,19,28H,4-5,12,14-15H2,1-3H3. The molecule has 2 aromatic rings. The molecule has 4 rings (SSSR count). The SMILES string of the molecule is Cc1ccc(C2=C(N3CCCC(CO)C3)C(=O)N(c3ccc(C)c(C)c3)C2=O)cc1. The Labute approximate surface area is 177 Å². The molecule has 1 N–H and O–H groups in total. The van der Waals surface area contributed by atoms with Crippen LogP contribution in [-0.4, -0.2) is 41.5 Å². The predicted molar refractivity (Wildman–Crippen MR) is 118 cm³/mol. The van der Waals surface area contributed by atoms with E-state index in [2.05, 4.69) is 0 Å². The minimum Gasteiger partial charge on any atom is -0.396 e. The molecule has 0 aliphatic carbocycles. The van der Waals surface area contributed by atoms with E-state index >= 15 is 0 Å². The minimum absolute atomic E-state index is 0.0899. The molecule has 156 valence electrons. The average molecular weight is 405 g/mol. The number of aliphatic hydroxyl groups excluding tert-OH is 1. The summed E-state index contributed by atoms with van der Waals surface area (Å²) < 4.78 is 0. The monoisotopic (exact) mass is 404 g/mol. The molecule has 1 atom stereocenters. The number of piperidine rings is 1. The van der Waals surface area contributed by atoms with Crippen molar-refractivity contribution < 1.29 is 14.7 Å². The zero-order valence-electron chi connectivity index (χ0n) is 17.8. The molecule has 2 amide bonds. The van der Waals surface area contributed by atoms with Gasteiger partial charge in [-0.25, -0.2) is 4.90 Å². The van der Waals surface area contributed by atoms with Gasteiger partial charge in [0.25, 0.3) is 11.8 Å². The summed E-state index contributed by atoms with van der Waals surface area (Å²) in [5.41, 5.74) is 5.53. The molecule has 2 aliphatic heterocycles. The van der Waals surface area contributed by atoms with Gasteiger partial charge in [-0.2, -0.15) is 0 Å². The number of hydrogen-bond donors (Lipinski definition) is 1. The van der Waals surface area contributed by atoms with Crippen molar-refractivity contribution in [2.24, 2.45) is 5.92 Å². The maximum absolute atomic E-state index is 13.6. The van der Waals surface area contributed by atoms with Gasteiger partial charge >= 0.3 is 0 Å². The Kier molecular flexibility index (Phi) is 5.48. The molecule has 5 nitrogen and oxygen atoms in total. The molecule has 1 unspecified atom stereocenters. The Morgan fingerprint density at radius 1 is 0.967 bits per heavy atom. The van der Waals surface area contributed by atoms with Crippen molar-refractivity contribution in [1.29, 1.82) is 0 Å². The molecule has 2 aromatic carbocycles. The highest BCUT2D eigenvalue weighted by Gasteiger charge is 2.43. The lowest BCUT2D eigenvalue weighted by Gasteiger charge is -2.34. The van der Waals surface area contributed by atoms with Crippen LogP contribution in [0.3, 0.4) is 0 Å². The Balaban J connectivity index is 1.81. The van der Waals surface area contributed by atoms with E-state index in [1.165, 1.54) is 4.90 Å². The van der Waals surface area contributed by atoms with Gasteiger partial charge < -0.3 is 10.0 Å². The van der Waals surface area contributed by atoms with Crippen molar-refractivity contribution in [2.45, 2.75) is 33.6 Å². The highest BCUT2D eigenvalue weighted by atomic mass is 16.3. The second-order valence-corrected chi connectivity index (χ2v) is 8.44. The molecule has 1 saturated heterocycles. The zero-order valence-corrected chi connectivity index (χ0v) is 17.8. The highest BCUT2D eigenvalue weighted by Crippen LogP contribution is 2.37. The van der Waals surface area contributed by atoms with Crippen LogP contribution in [0.5, 0.6) is 0 Å². The van der Waals surface area contributed by atoms with Crippen LogP contribution in [-0.2, 0) is 9.59 Å². The molecule has 2 heterocycles. The van der Waals surface area contributed by atoms with Gasteiger partial charge in [0.15, 0.2) is 0 Å². The van der Waals surface area contributed by atoms with Crippen molar-refractivity contribution in [3.63, 3.8) is 0 Å². The number of likely N-dealkylation sites (tertiary alicyclic amines) is 1. The first-order chi connectivity index (χ1) is 14.4. The maximum Gasteiger partial charge on any atom is 0.282 e. The van der Waals surface area contributed by atoms with Gasteiger partial charge in [0.05, 0.1) is 11.3 Å². The van der Waals surface area contributed by atoms with E-state index in [4.69, 9.17) is 0 Å². The summed E-state index contributed by atoms with van der Waals surface area (Å²) in [7, 11) is 0. The number of imide groups is 1. The summed E-state index contributed by atoms with van der Waals surface area (Å²) in [6, 6.07) is 13.4. The van der Waals surface area contributed by atoms with Crippen LogP contribution in [0.4, 0.5) is 5.69 Å². The summed E-state index contributed by atoms with van der Waals surface area (Å²) in [5.74, 6) is -0.449. The summed E-state index contributed by atoms with van der Waals surface area (Å²) >= 11 is 0. The number of benzene rings is 2. The van der Waals surface area contributed by atoms with E-state index in [0.29, 0.717) is 30.0 Å². The van der Waals surface area contributed by atoms with Crippen LogP contribution in [0.1, 0.15) is 35.1 Å². The van der Waals surface area contributed by atoms with Gasteiger partial charge in [-0.1, -0.05) is 35.9 Å². The number of nitrogens with zero attached hydrogens (tertiary/aromatic N) is 2. The zero-order chi connectivity index (χ0) is 21.4. The van der Waals surface area contributed by atoms with Gasteiger partial charge in [-0.15, -0.1) is 0 Å². The van der Waals surface area contributed by atoms with Crippen LogP contribution in [0, 0.1) is 26.7 Å². The molecule has 0 aromatic heterocycles. The molecule has 30 heavy (non-hydrogen) atoms. The molecule has 0 saturated carbocycles. The Hall–Kier alpha value is -2.92. The summed E-state index contributed by atoms with van der Waals surface area (Å²) in [5, 5.41) is 9.66. The fourth-order valence-electron chi connectivity index (χ4n) is 4.31. The normalized spacial score (nSPS) is 19.8. The third-order valence-electron chi connectivity index (χ3n) is 6.24. The molecule has 0 radical (unpaired) electrons. The summed E-state index contributed by atoms with van der Waals surface area (Å²) in [6.07, 6.45) is 1.82. The molecular formula is C25H28N2O3. The molecule has 2 aliphatic rings. The number of rotatable bonds is 4. The molecular weight excluding hydrogens is 376 g/mol. The second kappa shape index (κ2) is 8.07. The van der Waals surface area contributed by atoms with Gasteiger partial charge in [-0.05, 0) is 68.4 Å². The van der Waals surface area contributed by atoms with Gasteiger partial charge in [0.1, 0.15) is 5.70 Å². The number of amides is 2. The van der Waals surface area contributed by atoms with E-state index in [1.54, 1.807) is 0 Å². The van der Waals surface area contributed by atoms with E-state index in [1.807, 2.05) is 68.1 Å². The minimum atomic E-state index is -0.284. The van der Waals surface area contributed by atoms with Crippen LogP contribution in [0.15, 0.2) is 48.2 Å². The summed E-state index contributed by atoms with van der Waals surface area (Å²) in [4.78, 5) is 30.5.